The number of nitrogen functional groups attached to an aromatic ring is 1. The maximum Gasteiger partial charge on any atom is 0.331 e. The molecule has 0 amide bonds. The normalized spacial score (nSPS) is 16.5. The van der Waals surface area contributed by atoms with Gasteiger partial charge in [0.15, 0.2) is 17.4 Å². The van der Waals surface area contributed by atoms with Gasteiger partial charge in [0, 0.05) is 13.1 Å². The average Bonchev–Trinajstić information content (AvgIpc) is 2.60. The minimum absolute atomic E-state index is 0.133. The zero-order chi connectivity index (χ0) is 18.0. The van der Waals surface area contributed by atoms with Crippen molar-refractivity contribution in [2.24, 2.45) is 5.73 Å². The number of aromatic nitrogens is 2. The molecule has 0 atom stereocenters. The summed E-state index contributed by atoms with van der Waals surface area (Å²) in [4.78, 5) is 22.2. The number of halogens is 2. The summed E-state index contributed by atoms with van der Waals surface area (Å²) in [5.74, 6) is -0.717. The van der Waals surface area contributed by atoms with Crippen LogP contribution in [0.5, 0.6) is 5.75 Å². The van der Waals surface area contributed by atoms with Gasteiger partial charge in [-0.05, 0) is 25.0 Å². The molecule has 3 rings (SSSR count). The van der Waals surface area contributed by atoms with Crippen molar-refractivity contribution in [1.29, 1.82) is 0 Å². The molecule has 2 aromatic rings. The van der Waals surface area contributed by atoms with Gasteiger partial charge in [0.2, 0.25) is 0 Å². The van der Waals surface area contributed by atoms with Gasteiger partial charge in [-0.25, -0.2) is 19.2 Å². The summed E-state index contributed by atoms with van der Waals surface area (Å²) in [6, 6.07) is 5.70. The van der Waals surface area contributed by atoms with Crippen molar-refractivity contribution < 1.29 is 13.9 Å². The van der Waals surface area contributed by atoms with Crippen molar-refractivity contribution >= 4 is 29.2 Å². The molecule has 1 aromatic heterocycles. The van der Waals surface area contributed by atoms with Crippen molar-refractivity contribution in [2.75, 3.05) is 23.7 Å². The van der Waals surface area contributed by atoms with Crippen LogP contribution < -0.4 is 21.1 Å². The summed E-state index contributed by atoms with van der Waals surface area (Å²) in [6.07, 6.45) is 1.94. The molecule has 0 saturated carbocycles. The minimum atomic E-state index is -1.20. The molecule has 0 spiro atoms. The summed E-state index contributed by atoms with van der Waals surface area (Å²) in [7, 11) is 0. The third-order valence-electron chi connectivity index (χ3n) is 4.20. The smallest absolute Gasteiger partial charge is 0.331 e. The van der Waals surface area contributed by atoms with Crippen LogP contribution in [-0.2, 0) is 4.79 Å². The maximum atomic E-state index is 13.6. The van der Waals surface area contributed by atoms with Gasteiger partial charge in [0.1, 0.15) is 22.7 Å². The van der Waals surface area contributed by atoms with Gasteiger partial charge in [-0.3, -0.25) is 0 Å². The molecular formula is C16H17ClFN5O2. The van der Waals surface area contributed by atoms with E-state index in [9.17, 15) is 9.18 Å². The van der Waals surface area contributed by atoms with Crippen molar-refractivity contribution in [3.63, 3.8) is 0 Å². The molecule has 132 valence electrons. The van der Waals surface area contributed by atoms with Gasteiger partial charge in [-0.15, -0.1) is 0 Å². The fourth-order valence-electron chi connectivity index (χ4n) is 2.64. The number of rotatable bonds is 3. The number of carbonyl (C=O) groups is 1. The first-order valence-electron chi connectivity index (χ1n) is 7.67. The molecule has 2 heterocycles. The molecule has 1 aliphatic rings. The van der Waals surface area contributed by atoms with Crippen molar-refractivity contribution in [3.05, 3.63) is 41.4 Å². The Labute approximate surface area is 148 Å². The van der Waals surface area contributed by atoms with Crippen molar-refractivity contribution in [1.82, 2.24) is 9.97 Å². The number of nitrogens with two attached hydrogens (primary N) is 2. The van der Waals surface area contributed by atoms with E-state index in [1.54, 1.807) is 6.07 Å². The number of piperidine rings is 1. The fourth-order valence-corrected chi connectivity index (χ4v) is 2.86. The molecule has 0 radical (unpaired) electrons. The first-order valence-corrected chi connectivity index (χ1v) is 8.05. The van der Waals surface area contributed by atoms with E-state index in [0.717, 1.165) is 0 Å². The lowest BCUT2D eigenvalue weighted by atomic mass is 9.88. The Morgan fingerprint density at radius 1 is 1.28 bits per heavy atom. The highest BCUT2D eigenvalue weighted by Crippen LogP contribution is 2.31. The van der Waals surface area contributed by atoms with Crippen LogP contribution in [0, 0.1) is 5.82 Å². The van der Waals surface area contributed by atoms with Crippen LogP contribution in [0.25, 0.3) is 0 Å². The number of carbonyl (C=O) groups excluding carboxylic acids is 1. The first kappa shape index (κ1) is 17.4. The number of anilines is 2. The average molecular weight is 366 g/mol. The number of esters is 1. The predicted molar refractivity (Wildman–Crippen MR) is 91.9 cm³/mol. The maximum absolute atomic E-state index is 13.6. The molecule has 0 unspecified atom stereocenters. The molecule has 1 fully saturated rings. The monoisotopic (exact) mass is 365 g/mol. The second-order valence-electron chi connectivity index (χ2n) is 5.86. The standard InChI is InChI=1S/C16H17ClFN5O2/c17-12-13(19)21-9-22-14(12)23-7-5-16(20,6-8-23)15(24)25-11-4-2-1-3-10(11)18/h1-4,9H,5-8,20H2,(H2,19,21,22). The largest absolute Gasteiger partial charge is 0.422 e. The summed E-state index contributed by atoms with van der Waals surface area (Å²) < 4.78 is 18.8. The molecular weight excluding hydrogens is 349 g/mol. The lowest BCUT2D eigenvalue weighted by Gasteiger charge is -2.38. The summed E-state index contributed by atoms with van der Waals surface area (Å²) in [6.45, 7) is 0.859. The van der Waals surface area contributed by atoms with E-state index in [1.807, 2.05) is 4.90 Å². The van der Waals surface area contributed by atoms with Gasteiger partial charge >= 0.3 is 5.97 Å². The van der Waals surface area contributed by atoms with E-state index < -0.39 is 17.3 Å². The van der Waals surface area contributed by atoms with E-state index in [1.165, 1.54) is 24.5 Å². The van der Waals surface area contributed by atoms with Crippen molar-refractivity contribution in [3.8, 4) is 5.75 Å². The topological polar surface area (TPSA) is 107 Å². The molecule has 1 aromatic carbocycles. The quantitative estimate of drug-likeness (QED) is 0.630. The third-order valence-corrected chi connectivity index (χ3v) is 4.56. The minimum Gasteiger partial charge on any atom is -0.422 e. The molecule has 25 heavy (non-hydrogen) atoms. The second-order valence-corrected chi connectivity index (χ2v) is 6.24. The van der Waals surface area contributed by atoms with Crippen LogP contribution in [0.4, 0.5) is 16.0 Å². The van der Waals surface area contributed by atoms with Crippen LogP contribution in [0.15, 0.2) is 30.6 Å². The molecule has 1 saturated heterocycles. The number of nitrogens with zero attached hydrogens (tertiary/aromatic N) is 3. The lowest BCUT2D eigenvalue weighted by Crippen LogP contribution is -2.57. The highest BCUT2D eigenvalue weighted by atomic mass is 35.5. The van der Waals surface area contributed by atoms with Crippen molar-refractivity contribution in [2.45, 2.75) is 18.4 Å². The summed E-state index contributed by atoms with van der Waals surface area (Å²) in [5, 5.41) is 0.265. The Morgan fingerprint density at radius 2 is 1.96 bits per heavy atom. The van der Waals surface area contributed by atoms with Gasteiger partial charge in [0.05, 0.1) is 0 Å². The Balaban J connectivity index is 1.69. The van der Waals surface area contributed by atoms with Gasteiger partial charge in [-0.1, -0.05) is 23.7 Å². The van der Waals surface area contributed by atoms with Crippen LogP contribution in [0.2, 0.25) is 5.02 Å². The SMILES string of the molecule is Nc1ncnc(N2CCC(N)(C(=O)Oc3ccccc3F)CC2)c1Cl. The summed E-state index contributed by atoms with van der Waals surface area (Å²) in [5.41, 5.74) is 10.7. The highest BCUT2D eigenvalue weighted by Gasteiger charge is 2.40. The number of para-hydroxylation sites is 1. The predicted octanol–water partition coefficient (Wildman–Crippen LogP) is 1.75. The van der Waals surface area contributed by atoms with E-state index in [-0.39, 0.29) is 16.6 Å². The van der Waals surface area contributed by atoms with Crippen LogP contribution in [0.1, 0.15) is 12.8 Å². The third kappa shape index (κ3) is 3.49. The van der Waals surface area contributed by atoms with Gasteiger partial charge in [-0.2, -0.15) is 0 Å². The van der Waals surface area contributed by atoms with Crippen LogP contribution in [-0.4, -0.2) is 34.6 Å². The Hall–Kier alpha value is -2.45. The summed E-state index contributed by atoms with van der Waals surface area (Å²) >= 11 is 6.13. The number of ether oxygens (including phenoxy) is 1. The molecule has 7 nitrogen and oxygen atoms in total. The van der Waals surface area contributed by atoms with Gasteiger partial charge in [0.25, 0.3) is 0 Å². The number of hydrogen-bond donors (Lipinski definition) is 2. The van der Waals surface area contributed by atoms with Crippen LogP contribution >= 0.6 is 11.6 Å². The van der Waals surface area contributed by atoms with Crippen LogP contribution in [0.3, 0.4) is 0 Å². The Morgan fingerprint density at radius 3 is 2.64 bits per heavy atom. The molecule has 0 aliphatic carbocycles. The lowest BCUT2D eigenvalue weighted by molar-refractivity contribution is -0.141. The first-order chi connectivity index (χ1) is 11.9. The Bertz CT molecular complexity index is 796. The number of benzene rings is 1. The van der Waals surface area contributed by atoms with E-state index in [4.69, 9.17) is 27.8 Å². The number of hydrogen-bond acceptors (Lipinski definition) is 7. The van der Waals surface area contributed by atoms with Gasteiger partial charge < -0.3 is 21.1 Å². The molecule has 4 N–H and O–H groups in total. The zero-order valence-electron chi connectivity index (χ0n) is 13.3. The molecule has 0 bridgehead atoms. The van der Waals surface area contributed by atoms with E-state index >= 15 is 0 Å². The molecule has 9 heteroatoms. The fraction of sp³-hybridized carbons (Fsp3) is 0.312. The zero-order valence-corrected chi connectivity index (χ0v) is 14.0. The Kier molecular flexibility index (Phi) is 4.73. The second kappa shape index (κ2) is 6.81. The van der Waals surface area contributed by atoms with E-state index in [0.29, 0.717) is 31.7 Å². The molecule has 1 aliphatic heterocycles. The highest BCUT2D eigenvalue weighted by molar-refractivity contribution is 6.35. The van der Waals surface area contributed by atoms with E-state index in [2.05, 4.69) is 9.97 Å².